The van der Waals surface area contributed by atoms with Crippen LogP contribution in [0.1, 0.15) is 56.7 Å². The highest BCUT2D eigenvalue weighted by atomic mass is 35.5. The summed E-state index contributed by atoms with van der Waals surface area (Å²) in [5.74, 6) is 0.848. The summed E-state index contributed by atoms with van der Waals surface area (Å²) < 4.78 is 0.919. The van der Waals surface area contributed by atoms with E-state index in [9.17, 15) is 0 Å². The molecule has 0 spiro atoms. The number of halogens is 1. The van der Waals surface area contributed by atoms with Gasteiger partial charge in [0.15, 0.2) is 0 Å². The maximum absolute atomic E-state index is 6.05. The smallest absolute Gasteiger partial charge is 0.0931 e. The fraction of sp³-hybridized carbons (Fsp3) is 0.750. The van der Waals surface area contributed by atoms with Crippen molar-refractivity contribution >= 4 is 22.9 Å². The minimum absolute atomic E-state index is 0.637. The van der Waals surface area contributed by atoms with E-state index in [-0.39, 0.29) is 0 Å². The van der Waals surface area contributed by atoms with E-state index >= 15 is 0 Å². The van der Waals surface area contributed by atoms with Gasteiger partial charge in [0.25, 0.3) is 0 Å². The highest BCUT2D eigenvalue weighted by Gasteiger charge is 2.22. The van der Waals surface area contributed by atoms with Gasteiger partial charge >= 0.3 is 0 Å². The molecule has 1 aromatic rings. The molecule has 1 aliphatic rings. The predicted molar refractivity (Wildman–Crippen MR) is 86.3 cm³/mol. The van der Waals surface area contributed by atoms with Gasteiger partial charge in [0.1, 0.15) is 0 Å². The summed E-state index contributed by atoms with van der Waals surface area (Å²) in [6.45, 7) is 3.29. The summed E-state index contributed by atoms with van der Waals surface area (Å²) in [5, 5.41) is 3.72. The summed E-state index contributed by atoms with van der Waals surface area (Å²) in [7, 11) is 0. The van der Waals surface area contributed by atoms with Gasteiger partial charge in [-0.2, -0.15) is 0 Å². The highest BCUT2D eigenvalue weighted by Crippen LogP contribution is 2.29. The van der Waals surface area contributed by atoms with Crippen molar-refractivity contribution in [3.05, 3.63) is 21.3 Å². The number of nitrogens with one attached hydrogen (secondary N) is 1. The molecule has 1 saturated carbocycles. The Morgan fingerprint density at radius 2 is 1.89 bits per heavy atom. The zero-order valence-electron chi connectivity index (χ0n) is 12.0. The third-order valence-corrected chi connectivity index (χ3v) is 5.49. The van der Waals surface area contributed by atoms with E-state index in [1.54, 1.807) is 11.3 Å². The Hall–Kier alpha value is -0.0500. The second-order valence-corrected chi connectivity index (χ2v) is 7.48. The zero-order valence-corrected chi connectivity index (χ0v) is 13.5. The topological polar surface area (TPSA) is 12.0 Å². The monoisotopic (exact) mass is 299 g/mol. The second-order valence-electron chi connectivity index (χ2n) is 5.68. The van der Waals surface area contributed by atoms with Crippen molar-refractivity contribution in [2.24, 2.45) is 5.92 Å². The number of rotatable bonds is 5. The van der Waals surface area contributed by atoms with E-state index in [0.29, 0.717) is 6.04 Å². The molecule has 1 nitrogen and oxygen atoms in total. The molecule has 1 N–H and O–H groups in total. The number of hydrogen-bond donors (Lipinski definition) is 1. The van der Waals surface area contributed by atoms with Gasteiger partial charge in [-0.05, 0) is 43.9 Å². The van der Waals surface area contributed by atoms with Crippen molar-refractivity contribution in [1.29, 1.82) is 0 Å². The van der Waals surface area contributed by atoms with Crippen LogP contribution in [0.25, 0.3) is 0 Å². The Bertz CT molecular complexity index is 355. The molecule has 0 aliphatic heterocycles. The molecule has 3 heteroatoms. The van der Waals surface area contributed by atoms with Gasteiger partial charge in [-0.1, -0.05) is 50.6 Å². The fourth-order valence-corrected chi connectivity index (χ4v) is 4.38. The molecule has 0 saturated heterocycles. The molecule has 1 unspecified atom stereocenters. The molecule has 1 aliphatic carbocycles. The van der Waals surface area contributed by atoms with Crippen molar-refractivity contribution in [3.8, 4) is 0 Å². The Morgan fingerprint density at radius 1 is 1.21 bits per heavy atom. The first-order chi connectivity index (χ1) is 9.29. The summed E-state index contributed by atoms with van der Waals surface area (Å²) >= 11 is 7.79. The minimum Gasteiger partial charge on any atom is -0.314 e. The predicted octanol–water partition coefficient (Wildman–Crippen LogP) is 5.28. The quantitative estimate of drug-likeness (QED) is 0.779. The summed E-state index contributed by atoms with van der Waals surface area (Å²) in [6.07, 6.45) is 11.1. The maximum atomic E-state index is 6.05. The molecule has 0 radical (unpaired) electrons. The first-order valence-corrected chi connectivity index (χ1v) is 8.96. The van der Waals surface area contributed by atoms with E-state index in [1.807, 2.05) is 6.07 Å². The zero-order chi connectivity index (χ0) is 13.5. The van der Waals surface area contributed by atoms with Gasteiger partial charge in [-0.3, -0.25) is 0 Å². The first-order valence-electron chi connectivity index (χ1n) is 7.77. The van der Waals surface area contributed by atoms with E-state index in [0.717, 1.165) is 23.2 Å². The largest absolute Gasteiger partial charge is 0.314 e. The Labute approximate surface area is 126 Å². The van der Waals surface area contributed by atoms with Crippen molar-refractivity contribution < 1.29 is 0 Å². The summed E-state index contributed by atoms with van der Waals surface area (Å²) in [6, 6.07) is 4.86. The van der Waals surface area contributed by atoms with Crippen LogP contribution in [0.3, 0.4) is 0 Å². The Morgan fingerprint density at radius 3 is 2.47 bits per heavy atom. The minimum atomic E-state index is 0.637. The average molecular weight is 300 g/mol. The molecular weight excluding hydrogens is 274 g/mol. The molecular formula is C16H26ClNS. The van der Waals surface area contributed by atoms with Crippen molar-refractivity contribution in [2.45, 2.75) is 64.3 Å². The van der Waals surface area contributed by atoms with Crippen LogP contribution < -0.4 is 5.32 Å². The Kier molecular flexibility index (Phi) is 6.69. The van der Waals surface area contributed by atoms with Crippen LogP contribution in [0.15, 0.2) is 12.1 Å². The normalized spacial score (nSPS) is 19.9. The van der Waals surface area contributed by atoms with Crippen LogP contribution in [0.5, 0.6) is 0 Å². The maximum Gasteiger partial charge on any atom is 0.0931 e. The molecule has 0 aromatic carbocycles. The molecule has 0 amide bonds. The molecule has 1 heterocycles. The SMILES string of the molecule is CCNC(Cc1ccc(Cl)s1)C1CCCCCCC1. The molecule has 2 rings (SSSR count). The van der Waals surface area contributed by atoms with Crippen LogP contribution in [0.2, 0.25) is 4.34 Å². The summed E-state index contributed by atoms with van der Waals surface area (Å²) in [5.41, 5.74) is 0. The third-order valence-electron chi connectivity index (χ3n) is 4.24. The number of likely N-dealkylation sites (N-methyl/N-ethyl adjacent to an activating group) is 1. The molecule has 0 bridgehead atoms. The second kappa shape index (κ2) is 8.28. The van der Waals surface area contributed by atoms with Gasteiger partial charge in [0, 0.05) is 10.9 Å². The highest BCUT2D eigenvalue weighted by molar-refractivity contribution is 7.16. The van der Waals surface area contributed by atoms with Gasteiger partial charge < -0.3 is 5.32 Å². The first kappa shape index (κ1) is 15.3. The molecule has 1 aromatic heterocycles. The van der Waals surface area contributed by atoms with Crippen LogP contribution in [0.4, 0.5) is 0 Å². The lowest BCUT2D eigenvalue weighted by Gasteiger charge is -2.29. The van der Waals surface area contributed by atoms with Crippen LogP contribution in [-0.2, 0) is 6.42 Å². The number of thiophene rings is 1. The van der Waals surface area contributed by atoms with Crippen molar-refractivity contribution in [1.82, 2.24) is 5.32 Å². The third kappa shape index (κ3) is 5.09. The lowest BCUT2D eigenvalue weighted by molar-refractivity contribution is 0.287. The fourth-order valence-electron chi connectivity index (χ4n) is 3.24. The van der Waals surface area contributed by atoms with Gasteiger partial charge in [-0.25, -0.2) is 0 Å². The van der Waals surface area contributed by atoms with Crippen LogP contribution in [0, 0.1) is 5.92 Å². The van der Waals surface area contributed by atoms with Gasteiger partial charge in [0.2, 0.25) is 0 Å². The lowest BCUT2D eigenvalue weighted by atomic mass is 9.84. The van der Waals surface area contributed by atoms with E-state index in [2.05, 4.69) is 18.3 Å². The van der Waals surface area contributed by atoms with E-state index in [1.165, 1.54) is 49.8 Å². The molecule has 1 atom stereocenters. The average Bonchev–Trinajstić information content (AvgIpc) is 2.74. The van der Waals surface area contributed by atoms with Crippen molar-refractivity contribution in [2.75, 3.05) is 6.54 Å². The van der Waals surface area contributed by atoms with E-state index in [4.69, 9.17) is 11.6 Å². The standard InChI is InChI=1S/C16H26ClNS/c1-2-18-15(12-14-10-11-16(17)19-14)13-8-6-4-3-5-7-9-13/h10-11,13,15,18H,2-9,12H2,1H3. The van der Waals surface area contributed by atoms with Gasteiger partial charge in [0.05, 0.1) is 4.34 Å². The van der Waals surface area contributed by atoms with Crippen LogP contribution in [-0.4, -0.2) is 12.6 Å². The molecule has 19 heavy (non-hydrogen) atoms. The number of hydrogen-bond acceptors (Lipinski definition) is 2. The lowest BCUT2D eigenvalue weighted by Crippen LogP contribution is -2.38. The Balaban J connectivity index is 1.96. The van der Waals surface area contributed by atoms with E-state index < -0.39 is 0 Å². The molecule has 1 fully saturated rings. The summed E-state index contributed by atoms with van der Waals surface area (Å²) in [4.78, 5) is 1.43. The van der Waals surface area contributed by atoms with Crippen molar-refractivity contribution in [3.63, 3.8) is 0 Å². The van der Waals surface area contributed by atoms with Crippen LogP contribution >= 0.6 is 22.9 Å². The van der Waals surface area contributed by atoms with Gasteiger partial charge in [-0.15, -0.1) is 11.3 Å². The molecule has 108 valence electrons.